The highest BCUT2D eigenvalue weighted by atomic mass is 79.9. The molecule has 0 bridgehead atoms. The van der Waals surface area contributed by atoms with Gasteiger partial charge in [-0.2, -0.15) is 0 Å². The number of nitrogens with one attached hydrogen (secondary N) is 2. The van der Waals surface area contributed by atoms with E-state index in [1.54, 1.807) is 6.07 Å². The number of nitrogens with zero attached hydrogens (tertiary/aromatic N) is 1. The number of carbonyl (C=O) groups is 2. The molecule has 1 spiro atoms. The van der Waals surface area contributed by atoms with Crippen LogP contribution >= 0.6 is 15.9 Å². The van der Waals surface area contributed by atoms with Crippen molar-refractivity contribution in [2.24, 2.45) is 0 Å². The third kappa shape index (κ3) is 2.86. The zero-order valence-electron chi connectivity index (χ0n) is 15.0. The SMILES string of the molecule is O=C1NC2(CCN(C(=O)c3ccc4[nH]ccc4c3)CC2)Oc2ccc(Br)cc21. The van der Waals surface area contributed by atoms with Crippen LogP contribution in [0.2, 0.25) is 0 Å². The Hall–Kier alpha value is -2.80. The van der Waals surface area contributed by atoms with Gasteiger partial charge in [-0.05, 0) is 42.5 Å². The summed E-state index contributed by atoms with van der Waals surface area (Å²) in [6.07, 6.45) is 2.96. The molecule has 2 aromatic carbocycles. The van der Waals surface area contributed by atoms with Gasteiger partial charge in [-0.3, -0.25) is 9.59 Å². The summed E-state index contributed by atoms with van der Waals surface area (Å²) in [6.45, 7) is 1.05. The molecule has 0 unspecified atom stereocenters. The largest absolute Gasteiger partial charge is 0.467 e. The molecule has 3 heterocycles. The first-order valence-electron chi connectivity index (χ1n) is 9.21. The molecule has 7 heteroatoms. The number of hydrogen-bond donors (Lipinski definition) is 2. The van der Waals surface area contributed by atoms with Crippen molar-refractivity contribution in [2.75, 3.05) is 13.1 Å². The van der Waals surface area contributed by atoms with Gasteiger partial charge in [-0.1, -0.05) is 15.9 Å². The normalized spacial score (nSPS) is 17.9. The van der Waals surface area contributed by atoms with Crippen LogP contribution in [0, 0.1) is 0 Å². The average Bonchev–Trinajstić information content (AvgIpc) is 3.17. The minimum atomic E-state index is -0.751. The molecular formula is C21H18BrN3O3. The molecule has 0 saturated carbocycles. The van der Waals surface area contributed by atoms with E-state index in [4.69, 9.17) is 4.74 Å². The molecule has 3 aromatic rings. The topological polar surface area (TPSA) is 74.4 Å². The molecule has 0 atom stereocenters. The third-order valence-corrected chi connectivity index (χ3v) is 5.98. The number of rotatable bonds is 1. The summed E-state index contributed by atoms with van der Waals surface area (Å²) in [6, 6.07) is 13.1. The molecule has 2 N–H and O–H groups in total. The first kappa shape index (κ1) is 17.3. The van der Waals surface area contributed by atoms with Crippen LogP contribution in [0.25, 0.3) is 10.9 Å². The lowest BCUT2D eigenvalue weighted by atomic mass is 9.96. The number of H-pyrrole nitrogens is 1. The van der Waals surface area contributed by atoms with Gasteiger partial charge in [0.1, 0.15) is 5.75 Å². The molecule has 1 fully saturated rings. The van der Waals surface area contributed by atoms with E-state index in [9.17, 15) is 9.59 Å². The number of amides is 2. The first-order chi connectivity index (χ1) is 13.5. The second-order valence-electron chi connectivity index (χ2n) is 7.26. The predicted molar refractivity (Wildman–Crippen MR) is 108 cm³/mol. The van der Waals surface area contributed by atoms with Crippen LogP contribution in [0.15, 0.2) is 53.1 Å². The van der Waals surface area contributed by atoms with Gasteiger partial charge in [0.2, 0.25) is 0 Å². The van der Waals surface area contributed by atoms with Gasteiger partial charge in [0.15, 0.2) is 5.72 Å². The molecule has 2 aliphatic rings. The van der Waals surface area contributed by atoms with Crippen LogP contribution in [0.3, 0.4) is 0 Å². The molecule has 1 saturated heterocycles. The number of aromatic nitrogens is 1. The first-order valence-corrected chi connectivity index (χ1v) is 10.00. The number of benzene rings is 2. The van der Waals surface area contributed by atoms with Crippen molar-refractivity contribution in [2.45, 2.75) is 18.6 Å². The maximum atomic E-state index is 12.9. The lowest BCUT2D eigenvalue weighted by molar-refractivity contribution is -0.0245. The van der Waals surface area contributed by atoms with Crippen molar-refractivity contribution in [3.8, 4) is 5.75 Å². The van der Waals surface area contributed by atoms with E-state index in [1.807, 2.05) is 47.5 Å². The Morgan fingerprint density at radius 2 is 1.93 bits per heavy atom. The van der Waals surface area contributed by atoms with Crippen LogP contribution in [0.5, 0.6) is 5.75 Å². The standard InChI is InChI=1S/C21H18BrN3O3/c22-15-2-4-18-16(12-15)19(26)24-21(28-18)6-9-25(10-7-21)20(27)14-1-3-17-13(11-14)5-8-23-17/h1-5,8,11-12,23H,6-7,9-10H2,(H,24,26). The summed E-state index contributed by atoms with van der Waals surface area (Å²) in [5.41, 5.74) is 1.46. The van der Waals surface area contributed by atoms with E-state index in [0.717, 1.165) is 15.4 Å². The minimum Gasteiger partial charge on any atom is -0.467 e. The van der Waals surface area contributed by atoms with Crippen molar-refractivity contribution in [1.29, 1.82) is 0 Å². The Kier molecular flexibility index (Phi) is 3.94. The lowest BCUT2D eigenvalue weighted by Crippen LogP contribution is -2.61. The van der Waals surface area contributed by atoms with Crippen LogP contribution in [0.4, 0.5) is 0 Å². The van der Waals surface area contributed by atoms with Gasteiger partial charge in [-0.25, -0.2) is 0 Å². The molecule has 5 rings (SSSR count). The molecule has 0 aliphatic carbocycles. The third-order valence-electron chi connectivity index (χ3n) is 5.49. The molecule has 28 heavy (non-hydrogen) atoms. The molecule has 142 valence electrons. The zero-order chi connectivity index (χ0) is 19.3. The van der Waals surface area contributed by atoms with Gasteiger partial charge in [0.25, 0.3) is 11.8 Å². The Balaban J connectivity index is 1.32. The number of halogens is 1. The van der Waals surface area contributed by atoms with E-state index < -0.39 is 5.72 Å². The molecule has 2 amide bonds. The van der Waals surface area contributed by atoms with Crippen molar-refractivity contribution >= 4 is 38.6 Å². The predicted octanol–water partition coefficient (Wildman–Crippen LogP) is 3.69. The quantitative estimate of drug-likeness (QED) is 0.607. The van der Waals surface area contributed by atoms with E-state index in [-0.39, 0.29) is 11.8 Å². The summed E-state index contributed by atoms with van der Waals surface area (Å²) in [5, 5.41) is 4.03. The van der Waals surface area contributed by atoms with E-state index in [1.165, 1.54) is 0 Å². The fraction of sp³-hybridized carbons (Fsp3) is 0.238. The van der Waals surface area contributed by atoms with Crippen molar-refractivity contribution < 1.29 is 14.3 Å². The summed E-state index contributed by atoms with van der Waals surface area (Å²) in [7, 11) is 0. The monoisotopic (exact) mass is 439 g/mol. The Morgan fingerprint density at radius 1 is 1.11 bits per heavy atom. The van der Waals surface area contributed by atoms with Crippen LogP contribution in [0.1, 0.15) is 33.6 Å². The number of fused-ring (bicyclic) bond motifs is 2. The smallest absolute Gasteiger partial charge is 0.258 e. The van der Waals surface area contributed by atoms with Gasteiger partial charge in [0.05, 0.1) is 5.56 Å². The molecule has 1 aromatic heterocycles. The number of piperidine rings is 1. The van der Waals surface area contributed by atoms with Gasteiger partial charge in [-0.15, -0.1) is 0 Å². The Labute approximate surface area is 170 Å². The number of likely N-dealkylation sites (tertiary alicyclic amines) is 1. The highest BCUT2D eigenvalue weighted by Crippen LogP contribution is 2.35. The molecular weight excluding hydrogens is 422 g/mol. The number of hydrogen-bond acceptors (Lipinski definition) is 3. The van der Waals surface area contributed by atoms with E-state index in [2.05, 4.69) is 26.2 Å². The van der Waals surface area contributed by atoms with Gasteiger partial charge in [0, 0.05) is 53.1 Å². The Bertz CT molecular complexity index is 1100. The summed E-state index contributed by atoms with van der Waals surface area (Å²) in [4.78, 5) is 30.4. The summed E-state index contributed by atoms with van der Waals surface area (Å²) < 4.78 is 7.01. The average molecular weight is 440 g/mol. The highest BCUT2D eigenvalue weighted by molar-refractivity contribution is 9.10. The van der Waals surface area contributed by atoms with Gasteiger partial charge >= 0.3 is 0 Å². The maximum absolute atomic E-state index is 12.9. The van der Waals surface area contributed by atoms with Crippen molar-refractivity contribution in [3.05, 3.63) is 64.3 Å². The summed E-state index contributed by atoms with van der Waals surface area (Å²) in [5.74, 6) is 0.453. The van der Waals surface area contributed by atoms with Crippen LogP contribution in [-0.4, -0.2) is 40.5 Å². The minimum absolute atomic E-state index is 0.00409. The molecule has 0 radical (unpaired) electrons. The fourth-order valence-electron chi connectivity index (χ4n) is 3.95. The molecule has 2 aliphatic heterocycles. The second kappa shape index (κ2) is 6.38. The highest BCUT2D eigenvalue weighted by Gasteiger charge is 2.43. The zero-order valence-corrected chi connectivity index (χ0v) is 16.6. The maximum Gasteiger partial charge on any atom is 0.258 e. The van der Waals surface area contributed by atoms with Gasteiger partial charge < -0.3 is 19.9 Å². The Morgan fingerprint density at radius 3 is 2.75 bits per heavy atom. The second-order valence-corrected chi connectivity index (χ2v) is 8.18. The summed E-state index contributed by atoms with van der Waals surface area (Å²) >= 11 is 3.38. The number of ether oxygens (including phenoxy) is 1. The van der Waals surface area contributed by atoms with Crippen LogP contribution in [-0.2, 0) is 0 Å². The fourth-order valence-corrected chi connectivity index (χ4v) is 4.31. The van der Waals surface area contributed by atoms with Crippen molar-refractivity contribution in [3.63, 3.8) is 0 Å². The van der Waals surface area contributed by atoms with E-state index >= 15 is 0 Å². The van der Waals surface area contributed by atoms with Crippen molar-refractivity contribution in [1.82, 2.24) is 15.2 Å². The van der Waals surface area contributed by atoms with Crippen LogP contribution < -0.4 is 10.1 Å². The van der Waals surface area contributed by atoms with E-state index in [0.29, 0.717) is 42.8 Å². The number of carbonyl (C=O) groups excluding carboxylic acids is 2. The lowest BCUT2D eigenvalue weighted by Gasteiger charge is -2.44. The molecule has 6 nitrogen and oxygen atoms in total. The number of aromatic amines is 1.